The maximum atomic E-state index is 15.2. The van der Waals surface area contributed by atoms with Gasteiger partial charge in [-0.15, -0.1) is 0 Å². The maximum Gasteiger partial charge on any atom is 0.257 e. The van der Waals surface area contributed by atoms with Gasteiger partial charge in [-0.1, -0.05) is 6.07 Å². The molecule has 0 radical (unpaired) electrons. The smallest absolute Gasteiger partial charge is 0.257 e. The Hall–Kier alpha value is -4.01. The average molecular weight is 443 g/mol. The van der Waals surface area contributed by atoms with Crippen molar-refractivity contribution < 1.29 is 9.18 Å². The van der Waals surface area contributed by atoms with Gasteiger partial charge >= 0.3 is 0 Å². The van der Waals surface area contributed by atoms with Crippen LogP contribution in [0.25, 0.3) is 27.5 Å². The Morgan fingerprint density at radius 3 is 2.85 bits per heavy atom. The number of amides is 1. The van der Waals surface area contributed by atoms with Crippen molar-refractivity contribution in [2.75, 3.05) is 5.73 Å². The molecule has 1 aliphatic rings. The number of rotatable bonds is 4. The quantitative estimate of drug-likeness (QED) is 0.457. The molecule has 0 atom stereocenters. The summed E-state index contributed by atoms with van der Waals surface area (Å²) >= 11 is 0. The number of aryl methyl sites for hydroxylation is 1. The first-order chi connectivity index (χ1) is 16.0. The number of hydrogen-bond acceptors (Lipinski definition) is 5. The largest absolute Gasteiger partial charge is 0.383 e. The van der Waals surface area contributed by atoms with E-state index >= 15 is 4.39 Å². The Balaban J connectivity index is 1.44. The molecule has 33 heavy (non-hydrogen) atoms. The van der Waals surface area contributed by atoms with Crippen molar-refractivity contribution >= 4 is 39.2 Å². The molecule has 1 fully saturated rings. The Bertz CT molecular complexity index is 1520. The number of nitrogens with zero attached hydrogens (tertiary/aromatic N) is 6. The van der Waals surface area contributed by atoms with Gasteiger partial charge in [0, 0.05) is 36.9 Å². The summed E-state index contributed by atoms with van der Waals surface area (Å²) < 4.78 is 18.8. The minimum Gasteiger partial charge on any atom is -0.383 e. The highest BCUT2D eigenvalue weighted by atomic mass is 19.1. The van der Waals surface area contributed by atoms with E-state index in [1.54, 1.807) is 28.9 Å². The summed E-state index contributed by atoms with van der Waals surface area (Å²) in [5, 5.41) is 5.58. The predicted molar refractivity (Wildman–Crippen MR) is 123 cm³/mol. The Morgan fingerprint density at radius 1 is 1.24 bits per heavy atom. The number of imidazole rings is 1. The van der Waals surface area contributed by atoms with Gasteiger partial charge in [0.05, 0.1) is 40.4 Å². The first-order valence-corrected chi connectivity index (χ1v) is 10.9. The van der Waals surface area contributed by atoms with Gasteiger partial charge in [0.25, 0.3) is 5.91 Å². The van der Waals surface area contributed by atoms with Crippen LogP contribution in [0.2, 0.25) is 0 Å². The Labute approximate surface area is 188 Å². The highest BCUT2D eigenvalue weighted by molar-refractivity contribution is 6.10. The molecule has 0 bridgehead atoms. The van der Waals surface area contributed by atoms with Gasteiger partial charge in [-0.3, -0.25) is 9.48 Å². The van der Waals surface area contributed by atoms with E-state index in [-0.39, 0.29) is 23.3 Å². The first-order valence-electron chi connectivity index (χ1n) is 10.9. The second-order valence-electron chi connectivity index (χ2n) is 8.59. The zero-order valence-corrected chi connectivity index (χ0v) is 18.1. The second-order valence-corrected chi connectivity index (χ2v) is 8.59. The van der Waals surface area contributed by atoms with Crippen molar-refractivity contribution in [3.63, 3.8) is 0 Å². The summed E-state index contributed by atoms with van der Waals surface area (Å²) in [6.45, 7) is 0.323. The van der Waals surface area contributed by atoms with Crippen LogP contribution in [0.4, 0.5) is 10.2 Å². The Kier molecular flexibility index (Phi) is 4.33. The molecule has 4 aromatic heterocycles. The third-order valence-electron chi connectivity index (χ3n) is 6.55. The molecule has 0 spiro atoms. The molecule has 1 aliphatic carbocycles. The molecule has 8 nitrogen and oxygen atoms in total. The molecule has 2 N–H and O–H groups in total. The second kappa shape index (κ2) is 7.26. The van der Waals surface area contributed by atoms with Crippen molar-refractivity contribution in [2.45, 2.75) is 31.8 Å². The van der Waals surface area contributed by atoms with Crippen molar-refractivity contribution in [1.29, 1.82) is 0 Å². The molecule has 4 heterocycles. The van der Waals surface area contributed by atoms with Gasteiger partial charge in [-0.25, -0.2) is 14.4 Å². The van der Waals surface area contributed by atoms with Crippen LogP contribution in [-0.4, -0.2) is 41.0 Å². The molecule has 9 heteroatoms. The number of halogens is 1. The van der Waals surface area contributed by atoms with Gasteiger partial charge in [0.2, 0.25) is 0 Å². The van der Waals surface area contributed by atoms with Crippen molar-refractivity contribution in [3.8, 4) is 0 Å². The molecule has 0 saturated heterocycles. The summed E-state index contributed by atoms with van der Waals surface area (Å²) in [5.74, 6) is -0.671. The topological polar surface area (TPSA) is 94.3 Å². The van der Waals surface area contributed by atoms with Gasteiger partial charge in [-0.2, -0.15) is 5.10 Å². The fraction of sp³-hybridized carbons (Fsp3) is 0.250. The first kappa shape index (κ1) is 19.7. The highest BCUT2D eigenvalue weighted by Gasteiger charge is 2.32. The average Bonchev–Trinajstić information content (AvgIpc) is 3.35. The molecule has 1 amide bonds. The van der Waals surface area contributed by atoms with E-state index in [1.165, 1.54) is 6.07 Å². The number of nitrogens with two attached hydrogens (primary N) is 1. The molecule has 0 unspecified atom stereocenters. The van der Waals surface area contributed by atoms with Gasteiger partial charge in [0.1, 0.15) is 17.3 Å². The van der Waals surface area contributed by atoms with Crippen LogP contribution in [0.1, 0.15) is 35.3 Å². The number of carbonyl (C=O) groups is 1. The van der Waals surface area contributed by atoms with E-state index in [9.17, 15) is 4.79 Å². The maximum absolute atomic E-state index is 15.2. The summed E-state index contributed by atoms with van der Waals surface area (Å²) in [4.78, 5) is 24.4. The molecular weight excluding hydrogens is 421 g/mol. The SMILES string of the molecule is Cn1ncc2c(N)nc3cc(F)c(C(=O)N(Cc4cn5ccccc5n4)C4CCC4)cc3c21. The zero-order chi connectivity index (χ0) is 22.7. The standard InChI is InChI=1S/C24H22FN7O/c1-30-22-17-9-16(19(25)10-20(17)29-23(26)18(22)11-27-30)24(33)32(15-5-4-6-15)13-14-12-31-8-3-2-7-21(31)28-14/h2-3,7-12,15H,4-6,13H2,1H3,(H2,26,29). The van der Waals surface area contributed by atoms with Gasteiger partial charge < -0.3 is 15.0 Å². The number of carbonyl (C=O) groups excluding carboxylic acids is 1. The van der Waals surface area contributed by atoms with Gasteiger partial charge in [0.15, 0.2) is 0 Å². The van der Waals surface area contributed by atoms with Crippen LogP contribution in [-0.2, 0) is 13.6 Å². The summed E-state index contributed by atoms with van der Waals surface area (Å²) in [5.41, 5.74) is 8.77. The van der Waals surface area contributed by atoms with Crippen LogP contribution in [0.3, 0.4) is 0 Å². The van der Waals surface area contributed by atoms with E-state index in [0.29, 0.717) is 22.8 Å². The summed E-state index contributed by atoms with van der Waals surface area (Å²) in [6, 6.07) is 8.70. The number of pyridine rings is 2. The molecule has 1 saturated carbocycles. The van der Waals surface area contributed by atoms with Crippen molar-refractivity contribution in [3.05, 3.63) is 66.0 Å². The van der Waals surface area contributed by atoms with Crippen molar-refractivity contribution in [2.24, 2.45) is 7.05 Å². The van der Waals surface area contributed by atoms with Crippen molar-refractivity contribution in [1.82, 2.24) is 29.0 Å². The lowest BCUT2D eigenvalue weighted by atomic mass is 9.90. The third-order valence-corrected chi connectivity index (χ3v) is 6.55. The van der Waals surface area contributed by atoms with Crippen LogP contribution < -0.4 is 5.73 Å². The molecule has 166 valence electrons. The van der Waals surface area contributed by atoms with E-state index in [0.717, 1.165) is 36.1 Å². The lowest BCUT2D eigenvalue weighted by Crippen LogP contribution is -2.44. The molecule has 1 aromatic carbocycles. The van der Waals surface area contributed by atoms with Crippen LogP contribution >= 0.6 is 0 Å². The van der Waals surface area contributed by atoms with E-state index in [4.69, 9.17) is 5.73 Å². The molecule has 6 rings (SSSR count). The number of nitrogen functional groups attached to an aromatic ring is 1. The summed E-state index contributed by atoms with van der Waals surface area (Å²) in [7, 11) is 1.79. The fourth-order valence-corrected chi connectivity index (χ4v) is 4.60. The minimum absolute atomic E-state index is 0.0206. The Morgan fingerprint density at radius 2 is 2.09 bits per heavy atom. The molecule has 0 aliphatic heterocycles. The lowest BCUT2D eigenvalue weighted by molar-refractivity contribution is 0.0549. The number of benzene rings is 1. The minimum atomic E-state index is -0.611. The predicted octanol–water partition coefficient (Wildman–Crippen LogP) is 3.69. The number of hydrogen-bond donors (Lipinski definition) is 1. The summed E-state index contributed by atoms with van der Waals surface area (Å²) in [6.07, 6.45) is 8.32. The zero-order valence-electron chi connectivity index (χ0n) is 18.1. The number of aromatic nitrogens is 5. The van der Waals surface area contributed by atoms with Gasteiger partial charge in [-0.05, 0) is 37.5 Å². The van der Waals surface area contributed by atoms with E-state index in [2.05, 4.69) is 15.1 Å². The fourth-order valence-electron chi connectivity index (χ4n) is 4.60. The lowest BCUT2D eigenvalue weighted by Gasteiger charge is -2.37. The van der Waals surface area contributed by atoms with Crippen LogP contribution in [0.15, 0.2) is 48.9 Å². The monoisotopic (exact) mass is 443 g/mol. The molecular formula is C24H22FN7O. The van der Waals surface area contributed by atoms with Crippen LogP contribution in [0, 0.1) is 5.82 Å². The van der Waals surface area contributed by atoms with Crippen LogP contribution in [0.5, 0.6) is 0 Å². The molecule has 5 aromatic rings. The van der Waals surface area contributed by atoms with E-state index in [1.807, 2.05) is 35.0 Å². The number of anilines is 1. The third kappa shape index (κ3) is 3.11. The normalized spacial score (nSPS) is 14.2. The number of fused-ring (bicyclic) bond motifs is 4. The van der Waals surface area contributed by atoms with E-state index < -0.39 is 5.82 Å². The highest BCUT2D eigenvalue weighted by Crippen LogP contribution is 2.32.